The van der Waals surface area contributed by atoms with Crippen LogP contribution in [0.1, 0.15) is 11.4 Å². The van der Waals surface area contributed by atoms with Crippen molar-refractivity contribution in [2.45, 2.75) is 29.2 Å². The molecule has 0 aliphatic carbocycles. The molecule has 0 aliphatic rings. The van der Waals surface area contributed by atoms with Crippen LogP contribution in [0.5, 0.6) is 0 Å². The van der Waals surface area contributed by atoms with Crippen molar-refractivity contribution in [3.8, 4) is 0 Å². The van der Waals surface area contributed by atoms with Crippen molar-refractivity contribution in [3.05, 3.63) is 26.6 Å². The molecule has 0 saturated carbocycles. The molecular formula is C13H15Cl3N4O6S3. The van der Waals surface area contributed by atoms with Gasteiger partial charge < -0.3 is 0 Å². The summed E-state index contributed by atoms with van der Waals surface area (Å²) >= 11 is 16.9. The Morgan fingerprint density at radius 1 is 0.586 bits per heavy atom. The number of rotatable bonds is 3. The fourth-order valence-electron chi connectivity index (χ4n) is 1.59. The minimum Gasteiger partial charge on any atom is -0.222 e. The molecule has 2 aromatic rings. The fraction of sp³-hybridized carbons (Fsp3) is 0.385. The third-order valence-corrected chi connectivity index (χ3v) is 7.01. The standard InChI is InChI=1S/C7H9ClN2O4S2.C6H6Cl2N2O2S/c1-4-5(8)6(15(2,11)12)10-7(9-4)16(3,13)14;1-3-4(7)5(8)10-6(9-3)13(2,11)12/h1-3H3;1-2H3. The van der Waals surface area contributed by atoms with Gasteiger partial charge in [0.15, 0.2) is 20.0 Å². The van der Waals surface area contributed by atoms with Crippen molar-refractivity contribution in [2.24, 2.45) is 0 Å². The van der Waals surface area contributed by atoms with Crippen LogP contribution in [0.4, 0.5) is 0 Å². The summed E-state index contributed by atoms with van der Waals surface area (Å²) in [6.07, 6.45) is 2.79. The Hall–Kier alpha value is -1.12. The molecule has 0 aliphatic heterocycles. The molecule has 0 radical (unpaired) electrons. The maximum absolute atomic E-state index is 11.3. The molecule has 29 heavy (non-hydrogen) atoms. The third kappa shape index (κ3) is 6.96. The van der Waals surface area contributed by atoms with Crippen LogP contribution in [0.2, 0.25) is 15.2 Å². The number of hydrogen-bond acceptors (Lipinski definition) is 10. The fourth-order valence-corrected chi connectivity index (χ4v) is 4.34. The van der Waals surface area contributed by atoms with Gasteiger partial charge >= 0.3 is 0 Å². The lowest BCUT2D eigenvalue weighted by Gasteiger charge is -2.05. The maximum atomic E-state index is 11.3. The Balaban J connectivity index is 0.000000296. The van der Waals surface area contributed by atoms with E-state index in [4.69, 9.17) is 34.8 Å². The van der Waals surface area contributed by atoms with Crippen molar-refractivity contribution in [1.82, 2.24) is 19.9 Å². The third-order valence-electron chi connectivity index (χ3n) is 2.94. The minimum atomic E-state index is -3.69. The monoisotopic (exact) mass is 524 g/mol. The second-order valence-corrected chi connectivity index (χ2v) is 12.6. The van der Waals surface area contributed by atoms with E-state index in [-0.39, 0.29) is 26.0 Å². The molecule has 0 spiro atoms. The number of sulfone groups is 3. The molecule has 0 amide bonds. The molecule has 0 aromatic carbocycles. The van der Waals surface area contributed by atoms with E-state index in [9.17, 15) is 25.3 Å². The molecule has 0 atom stereocenters. The molecule has 162 valence electrons. The lowest BCUT2D eigenvalue weighted by molar-refractivity contribution is 0.583. The topological polar surface area (TPSA) is 154 Å². The van der Waals surface area contributed by atoms with E-state index in [1.807, 2.05) is 0 Å². The molecule has 0 fully saturated rings. The first-order chi connectivity index (χ1) is 12.9. The molecule has 2 heterocycles. The quantitative estimate of drug-likeness (QED) is 0.427. The van der Waals surface area contributed by atoms with Crippen molar-refractivity contribution in [2.75, 3.05) is 18.8 Å². The van der Waals surface area contributed by atoms with E-state index >= 15 is 0 Å². The van der Waals surface area contributed by atoms with Crippen LogP contribution in [-0.4, -0.2) is 64.0 Å². The van der Waals surface area contributed by atoms with Gasteiger partial charge in [-0.05, 0) is 13.8 Å². The lowest BCUT2D eigenvalue weighted by atomic mass is 10.5. The van der Waals surface area contributed by atoms with Crippen LogP contribution >= 0.6 is 34.8 Å². The van der Waals surface area contributed by atoms with Gasteiger partial charge in [-0.3, -0.25) is 0 Å². The second-order valence-electron chi connectivity index (χ2n) is 5.72. The Kier molecular flexibility index (Phi) is 7.99. The number of hydrogen-bond donors (Lipinski definition) is 0. The zero-order chi connectivity index (χ0) is 22.9. The van der Waals surface area contributed by atoms with Crippen LogP contribution in [0.25, 0.3) is 0 Å². The summed E-state index contributed by atoms with van der Waals surface area (Å²) in [4.78, 5) is 14.3. The van der Waals surface area contributed by atoms with E-state index in [1.165, 1.54) is 6.92 Å². The summed E-state index contributed by atoms with van der Waals surface area (Å²) in [7, 11) is -10.8. The molecule has 10 nitrogen and oxygen atoms in total. The summed E-state index contributed by atoms with van der Waals surface area (Å²) in [5, 5.41) is -1.35. The van der Waals surface area contributed by atoms with Gasteiger partial charge in [0.25, 0.3) is 0 Å². The smallest absolute Gasteiger partial charge is 0.222 e. The number of halogens is 3. The second kappa shape index (κ2) is 8.94. The largest absolute Gasteiger partial charge is 0.248 e. The van der Waals surface area contributed by atoms with Gasteiger partial charge in [0, 0.05) is 18.8 Å². The molecule has 0 saturated heterocycles. The predicted octanol–water partition coefficient (Wildman–Crippen LogP) is 1.74. The van der Waals surface area contributed by atoms with Crippen LogP contribution < -0.4 is 0 Å². The van der Waals surface area contributed by atoms with Crippen LogP contribution in [-0.2, 0) is 29.5 Å². The predicted molar refractivity (Wildman–Crippen MR) is 108 cm³/mol. The van der Waals surface area contributed by atoms with Crippen LogP contribution in [0, 0.1) is 13.8 Å². The summed E-state index contributed by atoms with van der Waals surface area (Å²) < 4.78 is 67.1. The van der Waals surface area contributed by atoms with E-state index in [0.717, 1.165) is 18.8 Å². The van der Waals surface area contributed by atoms with Crippen LogP contribution in [0.3, 0.4) is 0 Å². The molecule has 0 N–H and O–H groups in total. The highest BCUT2D eigenvalue weighted by Gasteiger charge is 2.22. The zero-order valence-corrected chi connectivity index (χ0v) is 20.3. The average Bonchev–Trinajstić information content (AvgIpc) is 2.52. The number of aromatic nitrogens is 4. The molecule has 2 rings (SSSR count). The Bertz CT molecular complexity index is 1260. The van der Waals surface area contributed by atoms with Crippen molar-refractivity contribution < 1.29 is 25.3 Å². The van der Waals surface area contributed by atoms with Crippen molar-refractivity contribution >= 4 is 64.3 Å². The van der Waals surface area contributed by atoms with E-state index in [1.54, 1.807) is 6.92 Å². The van der Waals surface area contributed by atoms with Crippen molar-refractivity contribution in [1.29, 1.82) is 0 Å². The van der Waals surface area contributed by atoms with Crippen LogP contribution in [0.15, 0.2) is 15.3 Å². The summed E-state index contributed by atoms with van der Waals surface area (Å²) in [5.74, 6) is 0. The van der Waals surface area contributed by atoms with Gasteiger partial charge in [0.05, 0.1) is 21.4 Å². The summed E-state index contributed by atoms with van der Waals surface area (Å²) in [6, 6.07) is 0. The van der Waals surface area contributed by atoms with Gasteiger partial charge in [-0.1, -0.05) is 34.8 Å². The summed E-state index contributed by atoms with van der Waals surface area (Å²) in [5.41, 5.74) is 0.458. The Labute approximate surface area is 183 Å². The highest BCUT2D eigenvalue weighted by atomic mass is 35.5. The first kappa shape index (κ1) is 25.9. The van der Waals surface area contributed by atoms with Gasteiger partial charge in [-0.25, -0.2) is 45.2 Å². The first-order valence-electron chi connectivity index (χ1n) is 7.19. The first-order valence-corrected chi connectivity index (χ1v) is 14.0. The molecular weight excluding hydrogens is 511 g/mol. The van der Waals surface area contributed by atoms with Gasteiger partial charge in [0.1, 0.15) is 0 Å². The summed E-state index contributed by atoms with van der Waals surface area (Å²) in [6.45, 7) is 2.97. The Morgan fingerprint density at radius 2 is 0.966 bits per heavy atom. The van der Waals surface area contributed by atoms with Crippen molar-refractivity contribution in [3.63, 3.8) is 0 Å². The zero-order valence-electron chi connectivity index (χ0n) is 15.6. The number of aryl methyl sites for hydroxylation is 2. The van der Waals surface area contributed by atoms with E-state index in [2.05, 4.69) is 19.9 Å². The van der Waals surface area contributed by atoms with Gasteiger partial charge in [0.2, 0.25) is 30.0 Å². The SMILES string of the molecule is Cc1nc(S(C)(=O)=O)nc(Cl)c1Cl.Cc1nc(S(C)(=O)=O)nc(S(C)(=O)=O)c1Cl. The van der Waals surface area contributed by atoms with Gasteiger partial charge in [-0.2, -0.15) is 0 Å². The van der Waals surface area contributed by atoms with Gasteiger partial charge in [-0.15, -0.1) is 0 Å². The average molecular weight is 526 g/mol. The highest BCUT2D eigenvalue weighted by Crippen LogP contribution is 2.24. The molecule has 16 heteroatoms. The maximum Gasteiger partial charge on any atom is 0.248 e. The molecule has 0 unspecified atom stereocenters. The highest BCUT2D eigenvalue weighted by molar-refractivity contribution is 7.91. The molecule has 0 bridgehead atoms. The minimum absolute atomic E-state index is 0.0467. The van der Waals surface area contributed by atoms with E-state index < -0.39 is 39.7 Å². The molecule has 2 aromatic heterocycles. The van der Waals surface area contributed by atoms with E-state index in [0.29, 0.717) is 5.69 Å². The number of nitrogens with zero attached hydrogens (tertiary/aromatic N) is 4. The lowest BCUT2D eigenvalue weighted by Crippen LogP contribution is -2.11. The normalized spacial score (nSPS) is 12.3. The Morgan fingerprint density at radius 3 is 1.31 bits per heavy atom.